The number of benzene rings is 6. The summed E-state index contributed by atoms with van der Waals surface area (Å²) in [5.74, 6) is -1.99. The zero-order valence-corrected chi connectivity index (χ0v) is 54.4. The number of hydrogen-bond acceptors (Lipinski definition) is 18. The molecular formula is C69H77N3O18S2. The van der Waals surface area contributed by atoms with E-state index >= 15 is 0 Å². The first-order valence-corrected chi connectivity index (χ1v) is 32.6. The molecule has 2 fully saturated rings. The number of fused-ring (bicyclic) bond motifs is 9. The van der Waals surface area contributed by atoms with Crippen LogP contribution in [0.15, 0.2) is 146 Å². The van der Waals surface area contributed by atoms with Crippen LogP contribution < -0.4 is 5.32 Å². The molecule has 0 spiro atoms. The number of rotatable bonds is 14. The van der Waals surface area contributed by atoms with Crippen molar-refractivity contribution in [3.8, 4) is 33.4 Å². The Balaban J connectivity index is 0.000000163. The normalized spacial score (nSPS) is 18.0. The van der Waals surface area contributed by atoms with Gasteiger partial charge in [-0.3, -0.25) is 22.7 Å². The van der Waals surface area contributed by atoms with Gasteiger partial charge in [0.05, 0.1) is 57.2 Å². The Morgan fingerprint density at radius 1 is 0.511 bits per heavy atom. The minimum atomic E-state index is -4.34. The van der Waals surface area contributed by atoms with E-state index in [9.17, 15) is 46.5 Å². The highest BCUT2D eigenvalue weighted by atomic mass is 32.2. The van der Waals surface area contributed by atoms with E-state index in [1.54, 1.807) is 62.3 Å². The van der Waals surface area contributed by atoms with Crippen molar-refractivity contribution in [1.29, 1.82) is 0 Å². The average Bonchev–Trinajstić information content (AvgIpc) is 1.64. The van der Waals surface area contributed by atoms with Gasteiger partial charge < -0.3 is 38.8 Å². The highest BCUT2D eigenvalue weighted by Gasteiger charge is 2.46. The van der Waals surface area contributed by atoms with Gasteiger partial charge in [0.25, 0.3) is 11.3 Å². The topological polar surface area (TPSA) is 266 Å². The van der Waals surface area contributed by atoms with Crippen molar-refractivity contribution in [3.05, 3.63) is 179 Å². The lowest BCUT2D eigenvalue weighted by Crippen LogP contribution is -2.42. The fourth-order valence-corrected chi connectivity index (χ4v) is 13.7. The zero-order chi connectivity index (χ0) is 66.3. The van der Waals surface area contributed by atoms with Gasteiger partial charge in [-0.1, -0.05) is 146 Å². The van der Waals surface area contributed by atoms with E-state index in [0.717, 1.165) is 71.1 Å². The number of nitrogens with one attached hydrogen (secondary N) is 1. The van der Waals surface area contributed by atoms with Gasteiger partial charge in [-0.25, -0.2) is 18.6 Å². The fraction of sp³-hybridized carbons (Fsp3) is 0.391. The van der Waals surface area contributed by atoms with Crippen molar-refractivity contribution in [3.63, 3.8) is 0 Å². The summed E-state index contributed by atoms with van der Waals surface area (Å²) in [5, 5.41) is 12.0. The number of alkyl carbamates (subject to hydrolysis) is 1. The monoisotopic (exact) mass is 1300 g/mol. The molecule has 0 saturated carbocycles. The molecule has 23 heteroatoms. The van der Waals surface area contributed by atoms with Gasteiger partial charge in [0.15, 0.2) is 0 Å². The van der Waals surface area contributed by atoms with Gasteiger partial charge in [-0.2, -0.15) is 17.0 Å². The van der Waals surface area contributed by atoms with Gasteiger partial charge in [-0.15, -0.1) is 0 Å². The number of aliphatic hydroxyl groups is 1. The summed E-state index contributed by atoms with van der Waals surface area (Å²) in [4.78, 5) is 74.2. The van der Waals surface area contributed by atoms with Crippen LogP contribution in [-0.2, 0) is 72.7 Å². The van der Waals surface area contributed by atoms with E-state index < -0.39 is 92.7 Å². The van der Waals surface area contributed by atoms with Gasteiger partial charge >= 0.3 is 46.5 Å². The Bertz CT molecular complexity index is 3720. The molecule has 4 atom stereocenters. The summed E-state index contributed by atoms with van der Waals surface area (Å²) in [6.45, 7) is 15.2. The number of amides is 3. The lowest BCUT2D eigenvalue weighted by Gasteiger charge is -2.23. The number of hydrogen-bond donors (Lipinski definition) is 2. The molecule has 3 unspecified atom stereocenters. The van der Waals surface area contributed by atoms with E-state index in [2.05, 4.69) is 29.6 Å². The second-order valence-electron chi connectivity index (χ2n) is 25.5. The first-order valence-electron chi connectivity index (χ1n) is 30.2. The molecule has 3 amide bonds. The van der Waals surface area contributed by atoms with Crippen LogP contribution in [0.4, 0.5) is 14.4 Å². The molecule has 3 aliphatic carbocycles. The van der Waals surface area contributed by atoms with Gasteiger partial charge in [0.1, 0.15) is 36.6 Å². The molecule has 488 valence electrons. The van der Waals surface area contributed by atoms with Gasteiger partial charge in [-0.05, 0) is 129 Å². The Kier molecular flexibility index (Phi) is 21.1. The van der Waals surface area contributed by atoms with Crippen LogP contribution in [0.25, 0.3) is 33.4 Å². The number of aliphatic hydroxyl groups excluding tert-OH is 1. The summed E-state index contributed by atoms with van der Waals surface area (Å²) < 4.78 is 80.5. The molecule has 2 N–H and O–H groups in total. The van der Waals surface area contributed by atoms with Crippen molar-refractivity contribution < 1.29 is 83.3 Å². The van der Waals surface area contributed by atoms with Crippen LogP contribution in [0, 0.1) is 0 Å². The highest BCUT2D eigenvalue weighted by molar-refractivity contribution is 7.85. The lowest BCUT2D eigenvalue weighted by atomic mass is 9.98. The predicted molar refractivity (Wildman–Crippen MR) is 341 cm³/mol. The second kappa shape index (κ2) is 28.6. The molecule has 2 saturated heterocycles. The van der Waals surface area contributed by atoms with Crippen LogP contribution in [0.2, 0.25) is 0 Å². The van der Waals surface area contributed by atoms with Crippen molar-refractivity contribution >= 4 is 57.8 Å². The van der Waals surface area contributed by atoms with Crippen LogP contribution in [0.1, 0.15) is 133 Å². The Morgan fingerprint density at radius 2 is 0.848 bits per heavy atom. The van der Waals surface area contributed by atoms with Crippen molar-refractivity contribution in [2.45, 2.75) is 134 Å². The number of esters is 3. The maximum absolute atomic E-state index is 12.8. The molecule has 11 rings (SSSR count). The molecule has 6 aromatic rings. The van der Waals surface area contributed by atoms with Crippen molar-refractivity contribution in [2.24, 2.45) is 0 Å². The summed E-state index contributed by atoms with van der Waals surface area (Å²) in [7, 11) is -4.34. The first kappa shape index (κ1) is 67.9. The summed E-state index contributed by atoms with van der Waals surface area (Å²) in [6, 6.07) is 45.4. The number of carbonyl (C=O) groups excluding carboxylic acids is 6. The summed E-state index contributed by atoms with van der Waals surface area (Å²) in [5.41, 5.74) is 11.1. The number of carbonyl (C=O) groups is 6. The third-order valence-corrected chi connectivity index (χ3v) is 17.7. The first-order chi connectivity index (χ1) is 43.6. The minimum Gasteiger partial charge on any atom is -0.460 e. The summed E-state index contributed by atoms with van der Waals surface area (Å²) >= 11 is -2.00. The molecule has 0 aromatic heterocycles. The SMILES string of the molecule is CC(C)(C)OC(=O)CC1COS(=O)(=O)N1C(=O)OCC1c2ccccc2-c2ccccc21.CC(C)(C)OC(=O)CC1COS(=O)N1C(=O)OCC1c2ccccc2-c2ccccc21.CC(C)(C)OC(=O)C[C@@H](CO)NC(=O)OCC1c2ccccc2-c2ccccc21. The average molecular weight is 1300 g/mol. The maximum Gasteiger partial charge on any atom is 0.425 e. The molecule has 92 heavy (non-hydrogen) atoms. The quantitative estimate of drug-likeness (QED) is 0.0758. The predicted octanol–water partition coefficient (Wildman–Crippen LogP) is 11.2. The highest BCUT2D eigenvalue weighted by Crippen LogP contribution is 2.47. The Hall–Kier alpha value is -8.48. The smallest absolute Gasteiger partial charge is 0.425 e. The lowest BCUT2D eigenvalue weighted by molar-refractivity contribution is -0.156. The standard InChI is InChI=1S/C23H25NO7S.C23H25NO6S.C23H27NO5/c1-23(2,3)31-21(25)12-15-13-30-32(27,28)24(15)22(26)29-14-20-18-10-6-4-8-16(18)17-9-5-7-11-19(17)20;1-23(2,3)30-21(25)12-15-13-29-31(27)24(15)22(26)28-14-20-18-10-6-4-8-16(18)17-9-5-7-11-19(17)20;1-23(2,3)29-21(26)12-15(13-25)24-22(27)28-14-20-18-10-6-4-8-16(18)17-9-5-7-11-19(17)20/h4-11,15,20H,12-14H2,1-3H3;4-11,15,20H,12-14H2,1-3H3;4-11,15,20,25H,12-14H2,1-3H3,(H,24,27)/t;;15-/m..0/s1. The minimum absolute atomic E-state index is 0.0178. The van der Waals surface area contributed by atoms with Gasteiger partial charge in [0.2, 0.25) is 0 Å². The van der Waals surface area contributed by atoms with Crippen LogP contribution in [0.5, 0.6) is 0 Å². The van der Waals surface area contributed by atoms with Crippen molar-refractivity contribution in [1.82, 2.24) is 13.9 Å². The Labute approximate surface area is 538 Å². The second-order valence-corrected chi connectivity index (χ2v) is 28.1. The maximum atomic E-state index is 12.8. The van der Waals surface area contributed by atoms with E-state index in [1.165, 1.54) is 0 Å². The molecule has 6 aromatic carbocycles. The molecular weight excluding hydrogens is 1220 g/mol. The zero-order valence-electron chi connectivity index (χ0n) is 52.8. The van der Waals surface area contributed by atoms with Crippen LogP contribution in [0.3, 0.4) is 0 Å². The Morgan fingerprint density at radius 3 is 1.22 bits per heavy atom. The summed E-state index contributed by atoms with van der Waals surface area (Å²) in [6.07, 6.45) is -3.08. The van der Waals surface area contributed by atoms with Crippen molar-refractivity contribution in [2.75, 3.05) is 39.6 Å². The molecule has 2 heterocycles. The van der Waals surface area contributed by atoms with E-state index in [4.69, 9.17) is 36.8 Å². The molecule has 2 aliphatic heterocycles. The van der Waals surface area contributed by atoms with E-state index in [1.807, 2.05) is 121 Å². The third-order valence-electron chi connectivity index (χ3n) is 15.2. The fourth-order valence-electron chi connectivity index (χ4n) is 11.6. The van der Waals surface area contributed by atoms with Crippen LogP contribution in [-0.4, -0.2) is 137 Å². The molecule has 0 bridgehead atoms. The number of nitrogens with zero attached hydrogens (tertiary/aromatic N) is 2. The molecule has 0 radical (unpaired) electrons. The van der Waals surface area contributed by atoms with Crippen LogP contribution >= 0.6 is 0 Å². The van der Waals surface area contributed by atoms with E-state index in [-0.39, 0.29) is 76.7 Å². The third kappa shape index (κ3) is 16.6. The number of ether oxygens (including phenoxy) is 6. The molecule has 5 aliphatic rings. The van der Waals surface area contributed by atoms with Gasteiger partial charge in [0, 0.05) is 17.8 Å². The molecule has 21 nitrogen and oxygen atoms in total. The van der Waals surface area contributed by atoms with E-state index in [0.29, 0.717) is 4.31 Å². The largest absolute Gasteiger partial charge is 0.460 e.